The zero-order valence-corrected chi connectivity index (χ0v) is 21.4. The van der Waals surface area contributed by atoms with Gasteiger partial charge in [-0.15, -0.1) is 0 Å². The third kappa shape index (κ3) is 3.31. The van der Waals surface area contributed by atoms with Gasteiger partial charge in [-0.3, -0.25) is 28.9 Å². The van der Waals surface area contributed by atoms with Crippen LogP contribution in [0.4, 0.5) is 5.69 Å². The summed E-state index contributed by atoms with van der Waals surface area (Å²) in [5.74, 6) is -10.7. The van der Waals surface area contributed by atoms with Gasteiger partial charge < -0.3 is 25.3 Å². The molecule has 2 aromatic rings. The molecule has 1 aromatic carbocycles. The van der Waals surface area contributed by atoms with E-state index in [0.717, 1.165) is 0 Å². The Labute approximate surface area is 218 Å². The summed E-state index contributed by atoms with van der Waals surface area (Å²) in [5, 5.41) is 22.9. The van der Waals surface area contributed by atoms with Crippen molar-refractivity contribution < 1.29 is 38.6 Å². The van der Waals surface area contributed by atoms with Gasteiger partial charge in [0.1, 0.15) is 5.75 Å². The van der Waals surface area contributed by atoms with Crippen LogP contribution in [0, 0.1) is 23.7 Å². The highest BCUT2D eigenvalue weighted by atomic mass is 16.3. The number of furan rings is 1. The Hall–Kier alpha value is -3.83. The van der Waals surface area contributed by atoms with Crippen LogP contribution >= 0.6 is 0 Å². The molecule has 38 heavy (non-hydrogen) atoms. The summed E-state index contributed by atoms with van der Waals surface area (Å²) >= 11 is 0. The zero-order chi connectivity index (χ0) is 27.8. The Bertz CT molecular complexity index is 1400. The molecule has 3 aliphatic carbocycles. The lowest BCUT2D eigenvalue weighted by atomic mass is 9.52. The van der Waals surface area contributed by atoms with Crippen LogP contribution in [-0.4, -0.2) is 84.0 Å². The minimum atomic E-state index is -2.75. The van der Waals surface area contributed by atoms with Gasteiger partial charge in [-0.05, 0) is 50.6 Å². The highest BCUT2D eigenvalue weighted by Gasteiger charge is 2.69. The molecule has 0 saturated heterocycles. The topological polar surface area (TPSA) is 171 Å². The van der Waals surface area contributed by atoms with Crippen LogP contribution in [0.1, 0.15) is 22.3 Å². The third-order valence-electron chi connectivity index (χ3n) is 8.35. The van der Waals surface area contributed by atoms with E-state index in [1.807, 2.05) is 0 Å². The molecule has 1 heterocycles. The molecule has 4 N–H and O–H groups in total. The molecule has 11 heteroatoms. The van der Waals surface area contributed by atoms with Gasteiger partial charge in [-0.25, -0.2) is 0 Å². The number of anilines is 1. The summed E-state index contributed by atoms with van der Waals surface area (Å²) in [7, 11) is 6.68. The van der Waals surface area contributed by atoms with Gasteiger partial charge in [0.25, 0.3) is 0 Å². The number of carbonyl (C=O) groups is 5. The summed E-state index contributed by atoms with van der Waals surface area (Å²) < 4.78 is 5.15. The van der Waals surface area contributed by atoms with Crippen molar-refractivity contribution in [2.45, 2.75) is 24.5 Å². The van der Waals surface area contributed by atoms with E-state index in [1.165, 1.54) is 17.4 Å². The summed E-state index contributed by atoms with van der Waals surface area (Å²) in [6.45, 7) is 0. The lowest BCUT2D eigenvalue weighted by Crippen LogP contribution is -2.74. The number of carbonyl (C=O) groups excluding carboxylic acids is 5. The molecule has 11 nitrogen and oxygen atoms in total. The van der Waals surface area contributed by atoms with Gasteiger partial charge in [0.2, 0.25) is 5.91 Å². The normalized spacial score (nSPS) is 30.6. The Morgan fingerprint density at radius 1 is 1.13 bits per heavy atom. The summed E-state index contributed by atoms with van der Waals surface area (Å²) in [6, 6.07) is 2.22. The first kappa shape index (κ1) is 25.8. The van der Waals surface area contributed by atoms with Crippen LogP contribution in [0.25, 0.3) is 11.1 Å². The number of fused-ring (bicyclic) bond motifs is 3. The van der Waals surface area contributed by atoms with Crippen LogP contribution in [0.5, 0.6) is 5.75 Å². The van der Waals surface area contributed by atoms with Crippen molar-refractivity contribution >= 4 is 34.7 Å². The minimum Gasteiger partial charge on any atom is -0.507 e. The Morgan fingerprint density at radius 2 is 1.82 bits per heavy atom. The van der Waals surface area contributed by atoms with Crippen molar-refractivity contribution in [3.05, 3.63) is 35.8 Å². The van der Waals surface area contributed by atoms with Crippen molar-refractivity contribution in [1.29, 1.82) is 0 Å². The quantitative estimate of drug-likeness (QED) is 0.470. The molecule has 0 bridgehead atoms. The highest BCUT2D eigenvalue weighted by molar-refractivity contribution is 6.32. The second-order valence-corrected chi connectivity index (χ2v) is 10.8. The van der Waals surface area contributed by atoms with Gasteiger partial charge in [-0.1, -0.05) is 0 Å². The molecule has 0 spiro atoms. The van der Waals surface area contributed by atoms with Gasteiger partial charge >= 0.3 is 0 Å². The molecule has 200 valence electrons. The fourth-order valence-electron chi connectivity index (χ4n) is 6.69. The first-order chi connectivity index (χ1) is 17.8. The molecular weight excluding hydrogens is 494 g/mol. The number of nitrogens with two attached hydrogens (primary N) is 1. The number of hydrogen-bond acceptors (Lipinski definition) is 10. The predicted octanol–water partition coefficient (Wildman–Crippen LogP) is 0.193. The molecule has 5 rings (SSSR count). The Morgan fingerprint density at radius 3 is 2.37 bits per heavy atom. The van der Waals surface area contributed by atoms with E-state index in [-0.39, 0.29) is 24.2 Å². The highest BCUT2D eigenvalue weighted by Crippen LogP contribution is 2.53. The molecule has 2 saturated carbocycles. The molecule has 6 unspecified atom stereocenters. The molecule has 3 aliphatic rings. The van der Waals surface area contributed by atoms with Crippen molar-refractivity contribution in [1.82, 2.24) is 4.90 Å². The number of phenolic OH excluding ortho intramolecular Hbond substituents is 1. The first-order valence-electron chi connectivity index (χ1n) is 12.3. The number of nitrogens with zero attached hydrogens (tertiary/aromatic N) is 2. The van der Waals surface area contributed by atoms with Crippen molar-refractivity contribution in [3.8, 4) is 16.9 Å². The lowest BCUT2D eigenvalue weighted by Gasteiger charge is -2.52. The number of Topliss-reactive ketones (excluding diaryl/α,β-unsaturated/α-hetero) is 4. The lowest BCUT2D eigenvalue weighted by molar-refractivity contribution is -0.181. The van der Waals surface area contributed by atoms with E-state index >= 15 is 0 Å². The molecule has 1 amide bonds. The molecule has 1 aromatic heterocycles. The Kier molecular flexibility index (Phi) is 5.84. The Balaban J connectivity index is 1.69. The largest absolute Gasteiger partial charge is 0.507 e. The standard InChI is InChI=1S/C27H29N3O8/c1-29(2)16-9-13(11-5-6-38-10-11)21(31)18-14(16)7-12-8-15-20(30(3)4)23(33)19(26(28)36)25(35)27(15,37)24(34)17(12)22(18)32/h5-6,9-10,12,15,17,19-20,31,37H,7-8H2,1-4H3,(H2,28,36). The van der Waals surface area contributed by atoms with Crippen molar-refractivity contribution in [2.24, 2.45) is 29.4 Å². The number of hydrogen-bond donors (Lipinski definition) is 3. The van der Waals surface area contributed by atoms with Gasteiger partial charge in [-0.2, -0.15) is 0 Å². The molecule has 2 fully saturated rings. The van der Waals surface area contributed by atoms with E-state index in [9.17, 15) is 34.2 Å². The number of aliphatic hydroxyl groups is 1. The van der Waals surface area contributed by atoms with Gasteiger partial charge in [0, 0.05) is 36.8 Å². The summed E-state index contributed by atoms with van der Waals surface area (Å²) in [4.78, 5) is 69.8. The van der Waals surface area contributed by atoms with Gasteiger partial charge in [0.15, 0.2) is 34.7 Å². The minimum absolute atomic E-state index is 0.001000. The van der Waals surface area contributed by atoms with Crippen molar-refractivity contribution in [2.75, 3.05) is 33.1 Å². The van der Waals surface area contributed by atoms with E-state index < -0.39 is 64.4 Å². The fourth-order valence-corrected chi connectivity index (χ4v) is 6.69. The van der Waals surface area contributed by atoms with E-state index in [2.05, 4.69) is 0 Å². The average Bonchev–Trinajstić information content (AvgIpc) is 3.35. The van der Waals surface area contributed by atoms with Crippen LogP contribution in [0.3, 0.4) is 0 Å². The monoisotopic (exact) mass is 523 g/mol. The number of likely N-dealkylation sites (N-methyl/N-ethyl adjacent to an activating group) is 1. The van der Waals surface area contributed by atoms with Crippen LogP contribution < -0.4 is 10.6 Å². The van der Waals surface area contributed by atoms with E-state index in [0.29, 0.717) is 22.4 Å². The zero-order valence-electron chi connectivity index (χ0n) is 21.4. The smallest absolute Gasteiger partial charge is 0.235 e. The van der Waals surface area contributed by atoms with E-state index in [4.69, 9.17) is 10.2 Å². The number of aromatic hydroxyl groups is 1. The summed E-state index contributed by atoms with van der Waals surface area (Å²) in [5.41, 5.74) is 4.59. The predicted molar refractivity (Wildman–Crippen MR) is 133 cm³/mol. The number of primary amides is 1. The maximum absolute atomic E-state index is 14.0. The molecule has 6 atom stereocenters. The van der Waals surface area contributed by atoms with Gasteiger partial charge in [0.05, 0.1) is 30.0 Å². The average molecular weight is 524 g/mol. The second-order valence-electron chi connectivity index (χ2n) is 10.8. The molecule has 0 radical (unpaired) electrons. The third-order valence-corrected chi connectivity index (χ3v) is 8.35. The number of ketones is 4. The van der Waals surface area contributed by atoms with Crippen LogP contribution in [0.2, 0.25) is 0 Å². The van der Waals surface area contributed by atoms with E-state index in [1.54, 1.807) is 45.2 Å². The second kappa shape index (κ2) is 8.60. The number of rotatable bonds is 4. The number of amides is 1. The SMILES string of the molecule is CN(C)c1cc(-c2ccoc2)c(O)c2c1CC1CC3C(N(C)C)C(=O)C(C(N)=O)C(=O)C3(O)C(=O)C1C2=O. The van der Waals surface area contributed by atoms with Crippen molar-refractivity contribution in [3.63, 3.8) is 0 Å². The van der Waals surface area contributed by atoms with Crippen LogP contribution in [-0.2, 0) is 25.6 Å². The number of benzene rings is 1. The number of phenols is 1. The first-order valence-corrected chi connectivity index (χ1v) is 12.3. The van der Waals surface area contributed by atoms with Crippen LogP contribution in [0.15, 0.2) is 29.1 Å². The maximum Gasteiger partial charge on any atom is 0.235 e. The maximum atomic E-state index is 14.0. The molecular formula is C27H29N3O8. The summed E-state index contributed by atoms with van der Waals surface area (Å²) in [6.07, 6.45) is 3.03. The molecule has 0 aliphatic heterocycles. The fraction of sp³-hybridized carbons (Fsp3) is 0.444.